The number of hydrogen-bond donors (Lipinski definition) is 3. The summed E-state index contributed by atoms with van der Waals surface area (Å²) in [4.78, 5) is 22.8. The SMILES string of the molecule is CC(C)(C)NC(=O)Nc1ccc2c(c1)OCC(=O)N2. The highest BCUT2D eigenvalue weighted by atomic mass is 16.5. The van der Waals surface area contributed by atoms with Gasteiger partial charge in [0.15, 0.2) is 6.61 Å². The maximum atomic E-state index is 11.7. The van der Waals surface area contributed by atoms with Crippen LogP contribution in [0.25, 0.3) is 0 Å². The molecule has 3 N–H and O–H groups in total. The van der Waals surface area contributed by atoms with Crippen molar-refractivity contribution in [1.29, 1.82) is 0 Å². The van der Waals surface area contributed by atoms with Crippen molar-refractivity contribution in [3.05, 3.63) is 18.2 Å². The first-order valence-electron chi connectivity index (χ1n) is 5.99. The van der Waals surface area contributed by atoms with E-state index in [1.54, 1.807) is 18.2 Å². The van der Waals surface area contributed by atoms with Crippen molar-refractivity contribution >= 4 is 23.3 Å². The second-order valence-corrected chi connectivity index (χ2v) is 5.38. The second kappa shape index (κ2) is 4.79. The van der Waals surface area contributed by atoms with E-state index in [9.17, 15) is 9.59 Å². The first kappa shape index (κ1) is 13.2. The fourth-order valence-electron chi connectivity index (χ4n) is 1.66. The van der Waals surface area contributed by atoms with Gasteiger partial charge in [0.05, 0.1) is 5.69 Å². The van der Waals surface area contributed by atoms with Crippen LogP contribution in [-0.2, 0) is 4.79 Å². The smallest absolute Gasteiger partial charge is 0.319 e. The van der Waals surface area contributed by atoms with E-state index in [1.165, 1.54) is 0 Å². The number of urea groups is 1. The van der Waals surface area contributed by atoms with Crippen molar-refractivity contribution in [3.8, 4) is 5.75 Å². The largest absolute Gasteiger partial charge is 0.482 e. The van der Waals surface area contributed by atoms with E-state index in [2.05, 4.69) is 16.0 Å². The highest BCUT2D eigenvalue weighted by Crippen LogP contribution is 2.30. The Morgan fingerprint density at radius 1 is 1.37 bits per heavy atom. The van der Waals surface area contributed by atoms with Gasteiger partial charge in [-0.15, -0.1) is 0 Å². The average Bonchev–Trinajstić information content (AvgIpc) is 2.26. The Morgan fingerprint density at radius 2 is 2.11 bits per heavy atom. The summed E-state index contributed by atoms with van der Waals surface area (Å²) >= 11 is 0. The minimum atomic E-state index is -0.303. The number of ether oxygens (including phenoxy) is 1. The highest BCUT2D eigenvalue weighted by molar-refractivity contribution is 5.96. The fourth-order valence-corrected chi connectivity index (χ4v) is 1.66. The predicted octanol–water partition coefficient (Wildman–Crippen LogP) is 1.94. The number of nitrogens with one attached hydrogen (secondary N) is 3. The highest BCUT2D eigenvalue weighted by Gasteiger charge is 2.17. The normalized spacial score (nSPS) is 13.9. The quantitative estimate of drug-likeness (QED) is 0.724. The molecule has 6 heteroatoms. The van der Waals surface area contributed by atoms with Crippen LogP contribution in [0.1, 0.15) is 20.8 Å². The molecular weight excluding hydrogens is 246 g/mol. The van der Waals surface area contributed by atoms with E-state index in [1.807, 2.05) is 20.8 Å². The third kappa shape index (κ3) is 3.61. The van der Waals surface area contributed by atoms with Gasteiger partial charge in [-0.25, -0.2) is 4.79 Å². The summed E-state index contributed by atoms with van der Waals surface area (Å²) in [6.07, 6.45) is 0. The average molecular weight is 263 g/mol. The fraction of sp³-hybridized carbons (Fsp3) is 0.385. The number of anilines is 2. The zero-order valence-electron chi connectivity index (χ0n) is 11.2. The molecule has 19 heavy (non-hydrogen) atoms. The number of benzene rings is 1. The van der Waals surface area contributed by atoms with Gasteiger partial charge in [-0.1, -0.05) is 0 Å². The Hall–Kier alpha value is -2.24. The van der Waals surface area contributed by atoms with Crippen LogP contribution >= 0.6 is 0 Å². The molecule has 1 aromatic rings. The molecular formula is C13H17N3O3. The zero-order valence-corrected chi connectivity index (χ0v) is 11.2. The molecule has 1 aromatic carbocycles. The lowest BCUT2D eigenvalue weighted by atomic mass is 10.1. The van der Waals surface area contributed by atoms with Gasteiger partial charge >= 0.3 is 6.03 Å². The summed E-state index contributed by atoms with van der Waals surface area (Å²) in [5.74, 6) is 0.367. The van der Waals surface area contributed by atoms with Crippen molar-refractivity contribution in [2.75, 3.05) is 17.2 Å². The van der Waals surface area contributed by atoms with E-state index >= 15 is 0 Å². The summed E-state index contributed by atoms with van der Waals surface area (Å²) in [6, 6.07) is 4.79. The van der Waals surface area contributed by atoms with E-state index in [-0.39, 0.29) is 24.1 Å². The minimum absolute atomic E-state index is 0.00928. The lowest BCUT2D eigenvalue weighted by Crippen LogP contribution is -2.43. The predicted molar refractivity (Wildman–Crippen MR) is 72.5 cm³/mol. The molecule has 0 aromatic heterocycles. The molecule has 0 spiro atoms. The van der Waals surface area contributed by atoms with Crippen LogP contribution < -0.4 is 20.7 Å². The summed E-state index contributed by atoms with van der Waals surface area (Å²) in [5.41, 5.74) is 0.914. The summed E-state index contributed by atoms with van der Waals surface area (Å²) in [6.45, 7) is 5.69. The van der Waals surface area contributed by atoms with Crippen LogP contribution in [0.3, 0.4) is 0 Å². The standard InChI is InChI=1S/C13H17N3O3/c1-13(2,3)16-12(18)14-8-4-5-9-10(6-8)19-7-11(17)15-9/h4-6H,7H2,1-3H3,(H,15,17)(H2,14,16,18). The van der Waals surface area contributed by atoms with Crippen molar-refractivity contribution < 1.29 is 14.3 Å². The van der Waals surface area contributed by atoms with Gasteiger partial charge in [0, 0.05) is 17.3 Å². The molecule has 1 aliphatic heterocycles. The molecule has 0 bridgehead atoms. The monoisotopic (exact) mass is 263 g/mol. The minimum Gasteiger partial charge on any atom is -0.482 e. The van der Waals surface area contributed by atoms with Crippen molar-refractivity contribution in [3.63, 3.8) is 0 Å². The summed E-state index contributed by atoms with van der Waals surface area (Å²) in [5, 5.41) is 8.20. The molecule has 1 heterocycles. The van der Waals surface area contributed by atoms with Gasteiger partial charge in [0.1, 0.15) is 5.75 Å². The maximum Gasteiger partial charge on any atom is 0.319 e. The molecule has 2 rings (SSSR count). The van der Waals surface area contributed by atoms with Crippen LogP contribution in [0.4, 0.5) is 16.2 Å². The number of fused-ring (bicyclic) bond motifs is 1. The van der Waals surface area contributed by atoms with Crippen molar-refractivity contribution in [2.45, 2.75) is 26.3 Å². The number of rotatable bonds is 1. The Morgan fingerprint density at radius 3 is 2.79 bits per heavy atom. The Labute approximate surface area is 111 Å². The molecule has 1 aliphatic rings. The molecule has 6 nitrogen and oxygen atoms in total. The molecule has 0 saturated heterocycles. The van der Waals surface area contributed by atoms with Gasteiger partial charge in [-0.3, -0.25) is 4.79 Å². The van der Waals surface area contributed by atoms with Gasteiger partial charge in [-0.2, -0.15) is 0 Å². The lowest BCUT2D eigenvalue weighted by molar-refractivity contribution is -0.118. The Bertz CT molecular complexity index is 520. The number of hydrogen-bond acceptors (Lipinski definition) is 3. The summed E-state index contributed by atoms with van der Waals surface area (Å²) < 4.78 is 5.28. The van der Waals surface area contributed by atoms with Crippen LogP contribution in [-0.4, -0.2) is 24.1 Å². The van der Waals surface area contributed by atoms with Crippen LogP contribution in [0.15, 0.2) is 18.2 Å². The number of carbonyl (C=O) groups excluding carboxylic acids is 2. The molecule has 0 fully saturated rings. The van der Waals surface area contributed by atoms with Gasteiger partial charge in [-0.05, 0) is 32.9 Å². The van der Waals surface area contributed by atoms with E-state index in [0.29, 0.717) is 17.1 Å². The number of amides is 3. The van der Waals surface area contributed by atoms with Crippen molar-refractivity contribution in [2.24, 2.45) is 0 Å². The van der Waals surface area contributed by atoms with E-state index in [4.69, 9.17) is 4.74 Å². The second-order valence-electron chi connectivity index (χ2n) is 5.38. The van der Waals surface area contributed by atoms with Crippen molar-refractivity contribution in [1.82, 2.24) is 5.32 Å². The molecule has 0 aliphatic carbocycles. The molecule has 3 amide bonds. The molecule has 0 saturated carbocycles. The third-order valence-corrected chi connectivity index (χ3v) is 2.36. The first-order valence-corrected chi connectivity index (χ1v) is 5.99. The van der Waals surface area contributed by atoms with E-state index < -0.39 is 0 Å². The molecule has 102 valence electrons. The lowest BCUT2D eigenvalue weighted by Gasteiger charge is -2.22. The summed E-state index contributed by atoms with van der Waals surface area (Å²) in [7, 11) is 0. The number of carbonyl (C=O) groups is 2. The van der Waals surface area contributed by atoms with Gasteiger partial charge in [0.25, 0.3) is 5.91 Å². The van der Waals surface area contributed by atoms with Crippen LogP contribution in [0, 0.1) is 0 Å². The first-order chi connectivity index (χ1) is 8.83. The zero-order chi connectivity index (χ0) is 14.0. The van der Waals surface area contributed by atoms with Crippen LogP contribution in [0.5, 0.6) is 5.75 Å². The third-order valence-electron chi connectivity index (χ3n) is 2.36. The topological polar surface area (TPSA) is 79.5 Å². The van der Waals surface area contributed by atoms with E-state index in [0.717, 1.165) is 0 Å². The maximum absolute atomic E-state index is 11.7. The Balaban J connectivity index is 2.06. The van der Waals surface area contributed by atoms with Gasteiger partial charge < -0.3 is 20.7 Å². The van der Waals surface area contributed by atoms with Crippen LogP contribution in [0.2, 0.25) is 0 Å². The molecule has 0 atom stereocenters. The Kier molecular flexibility index (Phi) is 3.33. The van der Waals surface area contributed by atoms with Gasteiger partial charge in [0.2, 0.25) is 0 Å². The molecule has 0 unspecified atom stereocenters. The molecule has 0 radical (unpaired) electrons.